The van der Waals surface area contributed by atoms with Gasteiger partial charge in [-0.05, 0) is 6.92 Å². The van der Waals surface area contributed by atoms with Gasteiger partial charge < -0.3 is 10.1 Å². The minimum atomic E-state index is -4.82. The first-order valence-corrected chi connectivity index (χ1v) is 9.99. The van der Waals surface area contributed by atoms with Crippen molar-refractivity contribution in [1.82, 2.24) is 14.3 Å². The first-order chi connectivity index (χ1) is 15.9. The quantitative estimate of drug-likeness (QED) is 0.555. The number of aryl methyl sites for hydroxylation is 1. The Hall–Kier alpha value is -3.35. The van der Waals surface area contributed by atoms with Crippen LogP contribution in [0.15, 0.2) is 40.1 Å². The number of benzene rings is 1. The summed E-state index contributed by atoms with van der Waals surface area (Å²) in [5.41, 5.74) is -5.37. The zero-order valence-corrected chi connectivity index (χ0v) is 17.8. The molecule has 1 aromatic carbocycles. The lowest BCUT2D eigenvalue weighted by Gasteiger charge is -2.43. The van der Waals surface area contributed by atoms with Gasteiger partial charge in [0.05, 0.1) is 30.2 Å². The van der Waals surface area contributed by atoms with Crippen molar-refractivity contribution in [1.29, 1.82) is 0 Å². The number of rotatable bonds is 5. The fourth-order valence-electron chi connectivity index (χ4n) is 3.85. The van der Waals surface area contributed by atoms with Crippen molar-refractivity contribution in [3.63, 3.8) is 0 Å². The molecule has 2 aromatic heterocycles. The maximum atomic E-state index is 14.6. The molecule has 3 aromatic rings. The number of nitrogens with zero attached hydrogens (tertiary/aromatic N) is 3. The lowest BCUT2D eigenvalue weighted by molar-refractivity contribution is -0.291. The van der Waals surface area contributed by atoms with Crippen LogP contribution in [0.3, 0.4) is 0 Å². The Bertz CT molecular complexity index is 1380. The van der Waals surface area contributed by atoms with Crippen LogP contribution in [0.5, 0.6) is 0 Å². The predicted molar refractivity (Wildman–Crippen MR) is 109 cm³/mol. The fourth-order valence-corrected chi connectivity index (χ4v) is 3.85. The second-order valence-electron chi connectivity index (χ2n) is 8.03. The Morgan fingerprint density at radius 3 is 2.35 bits per heavy atom. The number of ether oxygens (including phenoxy) is 1. The molecule has 0 amide bonds. The third kappa shape index (κ3) is 3.63. The lowest BCUT2D eigenvalue weighted by Crippen LogP contribution is -2.64. The molecule has 1 aliphatic heterocycles. The lowest BCUT2D eigenvalue weighted by atomic mass is 9.95. The van der Waals surface area contributed by atoms with Gasteiger partial charge in [-0.2, -0.15) is 18.3 Å². The molecule has 4 rings (SSSR count). The Kier molecular flexibility index (Phi) is 5.70. The summed E-state index contributed by atoms with van der Waals surface area (Å²) in [5, 5.41) is 6.43. The SMILES string of the molecule is CC(Nc1nn(C)c(=O)c2cc(=O)n(C3(C(F)(F)F)COC3)cc12)c1cccc(C(F)F)c1F. The average molecular weight is 488 g/mol. The van der Waals surface area contributed by atoms with Crippen LogP contribution >= 0.6 is 0 Å². The van der Waals surface area contributed by atoms with Crippen LogP contribution in [0.2, 0.25) is 0 Å². The highest BCUT2D eigenvalue weighted by atomic mass is 19.4. The third-order valence-corrected chi connectivity index (χ3v) is 5.87. The third-order valence-electron chi connectivity index (χ3n) is 5.87. The first-order valence-electron chi connectivity index (χ1n) is 9.99. The minimum Gasteiger partial charge on any atom is -0.376 e. The van der Waals surface area contributed by atoms with Gasteiger partial charge in [0.1, 0.15) is 5.82 Å². The largest absolute Gasteiger partial charge is 0.416 e. The van der Waals surface area contributed by atoms with Gasteiger partial charge in [0.25, 0.3) is 17.5 Å². The molecule has 1 N–H and O–H groups in total. The Morgan fingerprint density at radius 2 is 1.79 bits per heavy atom. The van der Waals surface area contributed by atoms with E-state index in [9.17, 15) is 35.9 Å². The second kappa shape index (κ2) is 8.15. The van der Waals surface area contributed by atoms with Gasteiger partial charge in [-0.25, -0.2) is 17.9 Å². The Balaban J connectivity index is 1.87. The maximum absolute atomic E-state index is 14.6. The molecule has 0 bridgehead atoms. The van der Waals surface area contributed by atoms with Crippen LogP contribution in [0.1, 0.15) is 30.5 Å². The van der Waals surface area contributed by atoms with E-state index in [1.165, 1.54) is 26.1 Å². The highest BCUT2D eigenvalue weighted by Gasteiger charge is 2.62. The van der Waals surface area contributed by atoms with E-state index in [1.54, 1.807) is 0 Å². The summed E-state index contributed by atoms with van der Waals surface area (Å²) >= 11 is 0. The van der Waals surface area contributed by atoms with E-state index in [-0.39, 0.29) is 22.2 Å². The number of hydrogen-bond acceptors (Lipinski definition) is 5. The van der Waals surface area contributed by atoms with Crippen LogP contribution in [-0.4, -0.2) is 33.7 Å². The van der Waals surface area contributed by atoms with Crippen LogP contribution in [-0.2, 0) is 17.3 Å². The van der Waals surface area contributed by atoms with E-state index in [1.807, 2.05) is 0 Å². The highest BCUT2D eigenvalue weighted by molar-refractivity contribution is 5.90. The number of halogens is 6. The summed E-state index contributed by atoms with van der Waals surface area (Å²) < 4.78 is 88.3. The summed E-state index contributed by atoms with van der Waals surface area (Å²) in [6.07, 6.45) is -7.01. The van der Waals surface area contributed by atoms with Gasteiger partial charge in [0, 0.05) is 30.3 Å². The standard InChI is InChI=1S/C21H18F6N4O3/c1-10(11-4-3-5-12(16(11)22)17(23)24)28-18-14-7-31(20(8-34-9-20)21(25,26)27)15(32)6-13(14)19(33)30(2)29-18/h3-7,10,17H,8-9H2,1-2H3,(H,28,29). The zero-order valence-electron chi connectivity index (χ0n) is 17.8. The van der Waals surface area contributed by atoms with Gasteiger partial charge >= 0.3 is 6.18 Å². The van der Waals surface area contributed by atoms with E-state index in [2.05, 4.69) is 10.4 Å². The minimum absolute atomic E-state index is 0.129. The highest BCUT2D eigenvalue weighted by Crippen LogP contribution is 2.42. The monoisotopic (exact) mass is 488 g/mol. The van der Waals surface area contributed by atoms with E-state index in [0.717, 1.165) is 23.0 Å². The summed E-state index contributed by atoms with van der Waals surface area (Å²) in [5.74, 6) is -1.29. The Labute approximate surface area is 187 Å². The van der Waals surface area contributed by atoms with Gasteiger partial charge in [-0.1, -0.05) is 18.2 Å². The summed E-state index contributed by atoms with van der Waals surface area (Å²) in [6.45, 7) is -0.144. The number of fused-ring (bicyclic) bond motifs is 1. The van der Waals surface area contributed by atoms with Crippen molar-refractivity contribution in [2.24, 2.45) is 7.05 Å². The molecule has 0 radical (unpaired) electrons. The van der Waals surface area contributed by atoms with Gasteiger partial charge in [-0.15, -0.1) is 0 Å². The molecule has 0 spiro atoms. The van der Waals surface area contributed by atoms with Crippen LogP contribution in [0, 0.1) is 5.82 Å². The molecule has 1 aliphatic rings. The van der Waals surface area contributed by atoms with Gasteiger partial charge in [0.15, 0.2) is 11.4 Å². The van der Waals surface area contributed by atoms with Crippen molar-refractivity contribution in [3.05, 3.63) is 68.1 Å². The van der Waals surface area contributed by atoms with E-state index < -0.39 is 59.9 Å². The Morgan fingerprint density at radius 1 is 1.15 bits per heavy atom. The molecule has 34 heavy (non-hydrogen) atoms. The molecule has 1 unspecified atom stereocenters. The van der Waals surface area contributed by atoms with Crippen molar-refractivity contribution >= 4 is 16.6 Å². The molecule has 3 heterocycles. The van der Waals surface area contributed by atoms with Gasteiger partial charge in [-0.3, -0.25) is 14.2 Å². The normalized spacial score (nSPS) is 16.5. The number of alkyl halides is 5. The van der Waals surface area contributed by atoms with Crippen molar-refractivity contribution in [2.45, 2.75) is 31.1 Å². The molecule has 0 aliphatic carbocycles. The van der Waals surface area contributed by atoms with Crippen molar-refractivity contribution in [3.8, 4) is 0 Å². The number of hydrogen-bond donors (Lipinski definition) is 1. The van der Waals surface area contributed by atoms with Crippen LogP contribution < -0.4 is 16.4 Å². The van der Waals surface area contributed by atoms with E-state index in [0.29, 0.717) is 4.57 Å². The smallest absolute Gasteiger partial charge is 0.376 e. The molecular weight excluding hydrogens is 470 g/mol. The topological polar surface area (TPSA) is 78.2 Å². The predicted octanol–water partition coefficient (Wildman–Crippen LogP) is 3.63. The maximum Gasteiger partial charge on any atom is 0.416 e. The molecule has 1 saturated heterocycles. The number of aromatic nitrogens is 3. The zero-order chi connectivity index (χ0) is 25.0. The van der Waals surface area contributed by atoms with Crippen molar-refractivity contribution in [2.75, 3.05) is 18.5 Å². The fraction of sp³-hybridized carbons (Fsp3) is 0.381. The molecule has 0 saturated carbocycles. The molecule has 182 valence electrons. The molecular formula is C21H18F6N4O3. The number of nitrogens with one attached hydrogen (secondary N) is 1. The number of anilines is 1. The van der Waals surface area contributed by atoms with Crippen LogP contribution in [0.4, 0.5) is 32.2 Å². The molecule has 1 atom stereocenters. The second-order valence-corrected chi connectivity index (χ2v) is 8.03. The van der Waals surface area contributed by atoms with Gasteiger partial charge in [0.2, 0.25) is 0 Å². The number of pyridine rings is 1. The summed E-state index contributed by atoms with van der Waals surface area (Å²) in [6, 6.07) is 3.25. The average Bonchev–Trinajstić information content (AvgIpc) is 2.70. The van der Waals surface area contributed by atoms with Crippen LogP contribution in [0.25, 0.3) is 10.8 Å². The van der Waals surface area contributed by atoms with Crippen molar-refractivity contribution < 1.29 is 31.1 Å². The summed E-state index contributed by atoms with van der Waals surface area (Å²) in [7, 11) is 1.26. The van der Waals surface area contributed by atoms with E-state index >= 15 is 0 Å². The van der Waals surface area contributed by atoms with E-state index in [4.69, 9.17) is 4.74 Å². The first kappa shape index (κ1) is 23.8. The molecule has 7 nitrogen and oxygen atoms in total. The molecule has 1 fully saturated rings. The molecule has 13 heteroatoms. The summed E-state index contributed by atoms with van der Waals surface area (Å²) in [4.78, 5) is 25.1.